The van der Waals surface area contributed by atoms with Crippen molar-refractivity contribution < 1.29 is 14.7 Å². The third kappa shape index (κ3) is 4.13. The number of carboxylic acids is 1. The second-order valence-corrected chi connectivity index (χ2v) is 2.22. The first-order valence-corrected chi connectivity index (χ1v) is 3.20. The quantitative estimate of drug-likeness (QED) is 0.557. The van der Waals surface area contributed by atoms with Crippen LogP contribution in [0.4, 0.5) is 0 Å². The molecular formula is C7H11NO3. The Morgan fingerprint density at radius 3 is 2.45 bits per heavy atom. The smallest absolute Gasteiger partial charge is 0.304 e. The topological polar surface area (TPSA) is 80.4 Å². The number of primary amides is 1. The molecule has 3 N–H and O–H groups in total. The van der Waals surface area contributed by atoms with Crippen molar-refractivity contribution in [1.82, 2.24) is 0 Å². The molecule has 0 heterocycles. The molecule has 11 heavy (non-hydrogen) atoms. The lowest BCUT2D eigenvalue weighted by molar-refractivity contribution is -0.140. The van der Waals surface area contributed by atoms with Gasteiger partial charge in [-0.1, -0.05) is 6.08 Å². The molecule has 0 saturated carbocycles. The number of nitrogens with two attached hydrogens (primary N) is 1. The maximum absolute atomic E-state index is 10.5. The molecule has 1 unspecified atom stereocenters. The van der Waals surface area contributed by atoms with Crippen LogP contribution in [0.2, 0.25) is 0 Å². The van der Waals surface area contributed by atoms with Crippen LogP contribution >= 0.6 is 0 Å². The maximum Gasteiger partial charge on any atom is 0.304 e. The highest BCUT2D eigenvalue weighted by molar-refractivity contribution is 5.81. The first-order chi connectivity index (χ1) is 5.07. The molecule has 62 valence electrons. The van der Waals surface area contributed by atoms with Gasteiger partial charge in [0, 0.05) is 0 Å². The van der Waals surface area contributed by atoms with Gasteiger partial charge in [-0.3, -0.25) is 9.59 Å². The molecule has 0 aliphatic heterocycles. The van der Waals surface area contributed by atoms with Gasteiger partial charge < -0.3 is 10.8 Å². The Morgan fingerprint density at radius 1 is 1.64 bits per heavy atom. The second-order valence-electron chi connectivity index (χ2n) is 2.22. The van der Waals surface area contributed by atoms with Crippen LogP contribution in [0.25, 0.3) is 0 Å². The van der Waals surface area contributed by atoms with Crippen molar-refractivity contribution >= 4 is 11.9 Å². The zero-order valence-electron chi connectivity index (χ0n) is 6.12. The van der Waals surface area contributed by atoms with Gasteiger partial charge in [0.25, 0.3) is 0 Å². The Kier molecular flexibility index (Phi) is 3.95. The number of rotatable bonds is 5. The van der Waals surface area contributed by atoms with Gasteiger partial charge in [0.1, 0.15) is 0 Å². The predicted molar refractivity (Wildman–Crippen MR) is 39.8 cm³/mol. The van der Waals surface area contributed by atoms with Crippen molar-refractivity contribution in [2.45, 2.75) is 12.8 Å². The van der Waals surface area contributed by atoms with Gasteiger partial charge in [-0.15, -0.1) is 6.58 Å². The molecule has 0 rings (SSSR count). The summed E-state index contributed by atoms with van der Waals surface area (Å²) in [4.78, 5) is 20.7. The molecule has 0 aliphatic carbocycles. The number of allylic oxidation sites excluding steroid dienone is 1. The highest BCUT2D eigenvalue weighted by Gasteiger charge is 2.16. The molecule has 0 spiro atoms. The fourth-order valence-corrected chi connectivity index (χ4v) is 0.712. The van der Waals surface area contributed by atoms with Crippen molar-refractivity contribution in [3.8, 4) is 0 Å². The highest BCUT2D eigenvalue weighted by atomic mass is 16.4. The predicted octanol–water partition coefficient (Wildman–Crippen LogP) is 0.139. The standard InChI is InChI=1S/C7H11NO3/c1-2-3-5(7(8)11)4-6(9)10/h2,5H,1,3-4H2,(H2,8,11)(H,9,10). The summed E-state index contributed by atoms with van der Waals surface area (Å²) >= 11 is 0. The minimum atomic E-state index is -1.02. The molecule has 0 aromatic carbocycles. The van der Waals surface area contributed by atoms with Crippen molar-refractivity contribution in [2.75, 3.05) is 0 Å². The third-order valence-electron chi connectivity index (χ3n) is 1.27. The Morgan fingerprint density at radius 2 is 2.18 bits per heavy atom. The van der Waals surface area contributed by atoms with Crippen LogP contribution in [0, 0.1) is 5.92 Å². The Balaban J connectivity index is 3.99. The second kappa shape index (κ2) is 4.49. The number of amides is 1. The molecule has 0 fully saturated rings. The Labute approximate surface area is 64.7 Å². The number of carboxylic acid groups (broad SMARTS) is 1. The summed E-state index contributed by atoms with van der Waals surface area (Å²) in [5.74, 6) is -2.23. The fourth-order valence-electron chi connectivity index (χ4n) is 0.712. The van der Waals surface area contributed by atoms with E-state index in [0.717, 1.165) is 0 Å². The first kappa shape index (κ1) is 9.68. The molecule has 0 saturated heterocycles. The average molecular weight is 157 g/mol. The number of aliphatic carboxylic acids is 1. The average Bonchev–Trinajstić information content (AvgIpc) is 1.86. The van der Waals surface area contributed by atoms with Gasteiger partial charge in [0.15, 0.2) is 0 Å². The van der Waals surface area contributed by atoms with Crippen LogP contribution in [-0.4, -0.2) is 17.0 Å². The molecular weight excluding hydrogens is 146 g/mol. The molecule has 4 nitrogen and oxygen atoms in total. The highest BCUT2D eigenvalue weighted by Crippen LogP contribution is 2.07. The van der Waals surface area contributed by atoms with E-state index in [1.807, 2.05) is 0 Å². The van der Waals surface area contributed by atoms with Gasteiger partial charge in [-0.25, -0.2) is 0 Å². The normalized spacial score (nSPS) is 12.0. The van der Waals surface area contributed by atoms with Crippen LogP contribution in [0.1, 0.15) is 12.8 Å². The van der Waals surface area contributed by atoms with Gasteiger partial charge in [0.2, 0.25) is 5.91 Å². The molecule has 0 radical (unpaired) electrons. The van der Waals surface area contributed by atoms with E-state index in [2.05, 4.69) is 6.58 Å². The van der Waals surface area contributed by atoms with Gasteiger partial charge in [-0.2, -0.15) is 0 Å². The number of carbonyl (C=O) groups is 2. The Bertz CT molecular complexity index is 177. The SMILES string of the molecule is C=CCC(CC(=O)O)C(N)=O. The minimum absolute atomic E-state index is 0.221. The van der Waals surface area contributed by atoms with Crippen molar-refractivity contribution in [1.29, 1.82) is 0 Å². The van der Waals surface area contributed by atoms with Gasteiger partial charge >= 0.3 is 5.97 Å². The number of hydrogen-bond donors (Lipinski definition) is 2. The first-order valence-electron chi connectivity index (χ1n) is 3.20. The summed E-state index contributed by atoms with van der Waals surface area (Å²) in [5, 5.41) is 8.32. The van der Waals surface area contributed by atoms with Gasteiger partial charge in [-0.05, 0) is 6.42 Å². The van der Waals surface area contributed by atoms with E-state index in [9.17, 15) is 9.59 Å². The molecule has 0 bridgehead atoms. The Hall–Kier alpha value is -1.32. The summed E-state index contributed by atoms with van der Waals surface area (Å²) < 4.78 is 0. The summed E-state index contributed by atoms with van der Waals surface area (Å²) in [6.07, 6.45) is 1.58. The van der Waals surface area contributed by atoms with E-state index in [-0.39, 0.29) is 6.42 Å². The summed E-state index contributed by atoms with van der Waals surface area (Å²) in [5.41, 5.74) is 4.92. The summed E-state index contributed by atoms with van der Waals surface area (Å²) in [6.45, 7) is 3.39. The minimum Gasteiger partial charge on any atom is -0.481 e. The van der Waals surface area contributed by atoms with E-state index in [1.165, 1.54) is 6.08 Å². The molecule has 0 aliphatic rings. The monoisotopic (exact) mass is 157 g/mol. The zero-order chi connectivity index (χ0) is 8.85. The van der Waals surface area contributed by atoms with Crippen LogP contribution in [0.3, 0.4) is 0 Å². The largest absolute Gasteiger partial charge is 0.481 e. The van der Waals surface area contributed by atoms with Gasteiger partial charge in [0.05, 0.1) is 12.3 Å². The summed E-state index contributed by atoms with van der Waals surface area (Å²) in [6, 6.07) is 0. The molecule has 4 heteroatoms. The van der Waals surface area contributed by atoms with Crippen LogP contribution < -0.4 is 5.73 Å². The lowest BCUT2D eigenvalue weighted by atomic mass is 10.0. The maximum atomic E-state index is 10.5. The van der Waals surface area contributed by atoms with Crippen molar-refractivity contribution in [2.24, 2.45) is 11.7 Å². The number of hydrogen-bond acceptors (Lipinski definition) is 2. The molecule has 1 atom stereocenters. The van der Waals surface area contributed by atoms with Crippen molar-refractivity contribution in [3.05, 3.63) is 12.7 Å². The lowest BCUT2D eigenvalue weighted by Gasteiger charge is -2.05. The van der Waals surface area contributed by atoms with E-state index in [4.69, 9.17) is 10.8 Å². The third-order valence-corrected chi connectivity index (χ3v) is 1.27. The molecule has 1 amide bonds. The van der Waals surface area contributed by atoms with E-state index in [0.29, 0.717) is 6.42 Å². The van der Waals surface area contributed by atoms with Crippen LogP contribution in [0.5, 0.6) is 0 Å². The van der Waals surface area contributed by atoms with E-state index < -0.39 is 17.8 Å². The molecule has 0 aromatic heterocycles. The van der Waals surface area contributed by atoms with Crippen molar-refractivity contribution in [3.63, 3.8) is 0 Å². The lowest BCUT2D eigenvalue weighted by Crippen LogP contribution is -2.25. The zero-order valence-corrected chi connectivity index (χ0v) is 6.12. The summed E-state index contributed by atoms with van der Waals surface area (Å²) in [7, 11) is 0. The van der Waals surface area contributed by atoms with E-state index in [1.54, 1.807) is 0 Å². The fraction of sp³-hybridized carbons (Fsp3) is 0.429. The van der Waals surface area contributed by atoms with E-state index >= 15 is 0 Å². The number of carbonyl (C=O) groups excluding carboxylic acids is 1. The molecule has 0 aromatic rings. The van der Waals surface area contributed by atoms with Crippen LogP contribution in [-0.2, 0) is 9.59 Å². The van der Waals surface area contributed by atoms with Crippen LogP contribution in [0.15, 0.2) is 12.7 Å².